The number of likely N-dealkylation sites (N-methyl/N-ethyl adjacent to an activating group) is 1. The molecule has 186 valence electrons. The number of carbonyl (C=O) groups is 2. The predicted octanol–water partition coefficient (Wildman–Crippen LogP) is 4.25. The van der Waals surface area contributed by atoms with Gasteiger partial charge in [-0.1, -0.05) is 48.5 Å². The number of para-hydroxylation sites is 3. The minimum atomic E-state index is -0.497. The summed E-state index contributed by atoms with van der Waals surface area (Å²) in [5, 5.41) is 0. The van der Waals surface area contributed by atoms with Crippen LogP contribution in [0.2, 0.25) is 0 Å². The standard InChI is InChI=1S/C29H30N2O5/c1-31(16-8-18-34-24-12-5-4-11-23(24)28(30)32)17-15-20(19-31)35-29(33)27-21-9-2-6-13-25(21)36-26-14-7-3-10-22(26)27/h2-7,9-14,20,27H,8,15-19H2,1H3,(H-,30,32)/p+1. The lowest BCUT2D eigenvalue weighted by atomic mass is 9.88. The van der Waals surface area contributed by atoms with E-state index in [-0.39, 0.29) is 12.1 Å². The van der Waals surface area contributed by atoms with Gasteiger partial charge in [-0.05, 0) is 24.3 Å². The highest BCUT2D eigenvalue weighted by molar-refractivity contribution is 5.95. The molecule has 3 aromatic rings. The average molecular weight is 488 g/mol. The summed E-state index contributed by atoms with van der Waals surface area (Å²) in [5.74, 6) is 0.681. The number of nitrogens with zero attached hydrogens (tertiary/aromatic N) is 1. The Balaban J connectivity index is 1.18. The van der Waals surface area contributed by atoms with Crippen LogP contribution in [-0.2, 0) is 9.53 Å². The Morgan fingerprint density at radius 3 is 2.31 bits per heavy atom. The summed E-state index contributed by atoms with van der Waals surface area (Å²) in [6.07, 6.45) is 1.49. The second-order valence-electron chi connectivity index (χ2n) is 9.77. The molecule has 0 radical (unpaired) electrons. The van der Waals surface area contributed by atoms with Crippen molar-refractivity contribution in [3.63, 3.8) is 0 Å². The van der Waals surface area contributed by atoms with Crippen LogP contribution >= 0.6 is 0 Å². The molecule has 2 atom stereocenters. The highest BCUT2D eigenvalue weighted by Crippen LogP contribution is 2.44. The summed E-state index contributed by atoms with van der Waals surface area (Å²) < 4.78 is 18.7. The number of fused-ring (bicyclic) bond motifs is 2. The molecular formula is C29H31N2O5+. The molecule has 5 rings (SSSR count). The first kappa shape index (κ1) is 23.9. The third kappa shape index (κ3) is 4.93. The van der Waals surface area contributed by atoms with Gasteiger partial charge in [-0.2, -0.15) is 0 Å². The first-order valence-electron chi connectivity index (χ1n) is 12.3. The quantitative estimate of drug-likeness (QED) is 0.292. The van der Waals surface area contributed by atoms with Crippen LogP contribution in [0.5, 0.6) is 17.2 Å². The van der Waals surface area contributed by atoms with Gasteiger partial charge in [0.05, 0.1) is 32.3 Å². The highest BCUT2D eigenvalue weighted by atomic mass is 16.5. The monoisotopic (exact) mass is 487 g/mol. The minimum Gasteiger partial charge on any atom is -0.493 e. The van der Waals surface area contributed by atoms with Crippen LogP contribution in [-0.4, -0.2) is 55.8 Å². The fourth-order valence-corrected chi connectivity index (χ4v) is 5.25. The van der Waals surface area contributed by atoms with Crippen molar-refractivity contribution < 1.29 is 28.3 Å². The van der Waals surface area contributed by atoms with Crippen LogP contribution in [0.3, 0.4) is 0 Å². The number of benzene rings is 3. The summed E-state index contributed by atoms with van der Waals surface area (Å²) in [4.78, 5) is 25.0. The van der Waals surface area contributed by atoms with Crippen molar-refractivity contribution in [1.29, 1.82) is 0 Å². The number of quaternary nitrogens is 1. The maximum absolute atomic E-state index is 13.5. The lowest BCUT2D eigenvalue weighted by Gasteiger charge is -2.30. The van der Waals surface area contributed by atoms with Crippen molar-refractivity contribution in [2.24, 2.45) is 5.73 Å². The molecule has 0 bridgehead atoms. The number of hydrogen-bond donors (Lipinski definition) is 1. The maximum atomic E-state index is 13.5. The second kappa shape index (κ2) is 10.0. The molecule has 7 nitrogen and oxygen atoms in total. The van der Waals surface area contributed by atoms with Gasteiger partial charge in [0.1, 0.15) is 29.7 Å². The third-order valence-electron chi connectivity index (χ3n) is 7.09. The highest BCUT2D eigenvalue weighted by Gasteiger charge is 2.40. The topological polar surface area (TPSA) is 87.9 Å². The minimum absolute atomic E-state index is 0.138. The zero-order chi connectivity index (χ0) is 25.1. The Morgan fingerprint density at radius 1 is 0.972 bits per heavy atom. The van der Waals surface area contributed by atoms with Gasteiger partial charge < -0.3 is 24.4 Å². The smallest absolute Gasteiger partial charge is 0.318 e. The molecule has 7 heteroatoms. The number of amides is 1. The molecule has 1 saturated heterocycles. The van der Waals surface area contributed by atoms with Crippen LogP contribution in [0.15, 0.2) is 72.8 Å². The van der Waals surface area contributed by atoms with E-state index in [0.29, 0.717) is 29.4 Å². The normalized spacial score (nSPS) is 20.6. The number of esters is 1. The fourth-order valence-electron chi connectivity index (χ4n) is 5.25. The molecule has 3 aromatic carbocycles. The summed E-state index contributed by atoms with van der Waals surface area (Å²) in [5.41, 5.74) is 7.50. The van der Waals surface area contributed by atoms with Crippen molar-refractivity contribution >= 4 is 11.9 Å². The molecule has 36 heavy (non-hydrogen) atoms. The first-order chi connectivity index (χ1) is 17.4. The fraction of sp³-hybridized carbons (Fsp3) is 0.310. The van der Waals surface area contributed by atoms with Crippen LogP contribution in [0.1, 0.15) is 40.2 Å². The van der Waals surface area contributed by atoms with E-state index in [1.165, 1.54) is 0 Å². The summed E-state index contributed by atoms with van der Waals surface area (Å²) in [6.45, 7) is 3.06. The number of hydrogen-bond acceptors (Lipinski definition) is 5. The first-order valence-corrected chi connectivity index (χ1v) is 12.3. The summed E-state index contributed by atoms with van der Waals surface area (Å²) in [7, 11) is 2.18. The van der Waals surface area contributed by atoms with E-state index in [0.717, 1.165) is 48.1 Å². The maximum Gasteiger partial charge on any atom is 0.318 e. The Morgan fingerprint density at radius 2 is 1.61 bits per heavy atom. The SMILES string of the molecule is C[N+]1(CCCOc2ccccc2C(N)=O)CCC(OC(=O)C2c3ccccc3Oc3ccccc32)C1. The van der Waals surface area contributed by atoms with E-state index in [9.17, 15) is 9.59 Å². The van der Waals surface area contributed by atoms with Gasteiger partial charge in [0.2, 0.25) is 0 Å². The molecule has 2 aliphatic rings. The van der Waals surface area contributed by atoms with Crippen molar-refractivity contribution in [3.8, 4) is 17.2 Å². The van der Waals surface area contributed by atoms with Gasteiger partial charge in [-0.25, -0.2) is 0 Å². The van der Waals surface area contributed by atoms with Gasteiger partial charge in [-0.3, -0.25) is 9.59 Å². The Hall–Kier alpha value is -3.84. The van der Waals surface area contributed by atoms with E-state index in [1.54, 1.807) is 18.2 Å². The molecule has 0 spiro atoms. The number of nitrogens with two attached hydrogens (primary N) is 1. The van der Waals surface area contributed by atoms with Crippen LogP contribution < -0.4 is 15.2 Å². The van der Waals surface area contributed by atoms with Gasteiger partial charge in [-0.15, -0.1) is 0 Å². The molecule has 1 amide bonds. The van der Waals surface area contributed by atoms with Crippen molar-refractivity contribution in [3.05, 3.63) is 89.5 Å². The molecular weight excluding hydrogens is 456 g/mol. The molecule has 1 fully saturated rings. The second-order valence-corrected chi connectivity index (χ2v) is 9.77. The van der Waals surface area contributed by atoms with E-state index >= 15 is 0 Å². The van der Waals surface area contributed by atoms with Gasteiger partial charge >= 0.3 is 5.97 Å². The van der Waals surface area contributed by atoms with Gasteiger partial charge in [0.15, 0.2) is 6.10 Å². The van der Waals surface area contributed by atoms with Crippen LogP contribution in [0.25, 0.3) is 0 Å². The molecule has 2 unspecified atom stereocenters. The molecule has 0 aromatic heterocycles. The number of rotatable bonds is 8. The zero-order valence-corrected chi connectivity index (χ0v) is 20.4. The summed E-state index contributed by atoms with van der Waals surface area (Å²) >= 11 is 0. The van der Waals surface area contributed by atoms with E-state index in [2.05, 4.69) is 7.05 Å². The van der Waals surface area contributed by atoms with Crippen molar-refractivity contribution in [2.45, 2.75) is 24.9 Å². The molecule has 0 aliphatic carbocycles. The van der Waals surface area contributed by atoms with Crippen molar-refractivity contribution in [2.75, 3.05) is 33.3 Å². The summed E-state index contributed by atoms with van der Waals surface area (Å²) in [6, 6.07) is 22.3. The Bertz CT molecular complexity index is 1230. The molecule has 0 saturated carbocycles. The largest absolute Gasteiger partial charge is 0.493 e. The van der Waals surface area contributed by atoms with Gasteiger partial charge in [0.25, 0.3) is 5.91 Å². The number of primary amides is 1. The Kier molecular flexibility index (Phi) is 6.65. The predicted molar refractivity (Wildman–Crippen MR) is 135 cm³/mol. The lowest BCUT2D eigenvalue weighted by molar-refractivity contribution is -0.899. The number of likely N-dealkylation sites (tertiary alicyclic amines) is 1. The molecule has 2 heterocycles. The molecule has 2 aliphatic heterocycles. The van der Waals surface area contributed by atoms with E-state index < -0.39 is 11.8 Å². The van der Waals surface area contributed by atoms with Crippen LogP contribution in [0, 0.1) is 0 Å². The average Bonchev–Trinajstić information content (AvgIpc) is 3.25. The molecule has 2 N–H and O–H groups in total. The number of ether oxygens (including phenoxy) is 3. The van der Waals surface area contributed by atoms with E-state index in [4.69, 9.17) is 19.9 Å². The van der Waals surface area contributed by atoms with Crippen LogP contribution in [0.4, 0.5) is 0 Å². The Labute approximate surface area is 211 Å². The zero-order valence-electron chi connectivity index (χ0n) is 20.4. The van der Waals surface area contributed by atoms with Crippen molar-refractivity contribution in [1.82, 2.24) is 0 Å². The van der Waals surface area contributed by atoms with E-state index in [1.807, 2.05) is 54.6 Å². The number of carbonyl (C=O) groups excluding carboxylic acids is 2. The lowest BCUT2D eigenvalue weighted by Crippen LogP contribution is -2.44. The third-order valence-corrected chi connectivity index (χ3v) is 7.09. The van der Waals surface area contributed by atoms with Gasteiger partial charge in [0, 0.05) is 24.0 Å².